The number of carbonyl (C=O) groups excluding carboxylic acids is 4. The van der Waals surface area contributed by atoms with Crippen LogP contribution in [-0.2, 0) is 36.9 Å². The van der Waals surface area contributed by atoms with Gasteiger partial charge in [-0.1, -0.05) is 24.3 Å². The average Bonchev–Trinajstić information content (AvgIpc) is 2.92. The van der Waals surface area contributed by atoms with Crippen LogP contribution >= 0.6 is 36.2 Å². The number of thiol groups is 1. The molecule has 0 aliphatic carbocycles. The predicted molar refractivity (Wildman–Crippen MR) is 156 cm³/mol. The zero-order valence-electron chi connectivity index (χ0n) is 22.1. The Morgan fingerprint density at radius 1 is 1.21 bits per heavy atom. The Hall–Kier alpha value is -1.93. The number of carbonyl (C=O) groups is 4. The molecule has 212 valence electrons. The lowest BCUT2D eigenvalue weighted by molar-refractivity contribution is -0.147. The SMILES string of the molecule is COC(=O)[C@H](CCSC)NC(=O)[C@@H]1Cc2ccccc2CN1C(=O)[C@H](CSCNC(C)=O)NC[C@@H](N)CS. The monoisotopic (exact) mass is 585 g/mol. The van der Waals surface area contributed by atoms with Gasteiger partial charge in [-0.2, -0.15) is 24.4 Å². The Balaban J connectivity index is 2.29. The van der Waals surface area contributed by atoms with E-state index in [2.05, 4.69) is 28.6 Å². The molecule has 0 saturated heterocycles. The smallest absolute Gasteiger partial charge is 0.328 e. The minimum atomic E-state index is -0.804. The zero-order valence-corrected chi connectivity index (χ0v) is 24.6. The van der Waals surface area contributed by atoms with Crippen LogP contribution in [0.3, 0.4) is 0 Å². The Morgan fingerprint density at radius 2 is 1.92 bits per heavy atom. The molecule has 0 radical (unpaired) electrons. The first-order valence-corrected chi connectivity index (χ1v) is 15.6. The molecule has 1 heterocycles. The molecule has 0 fully saturated rings. The van der Waals surface area contributed by atoms with Crippen molar-refractivity contribution >= 4 is 59.8 Å². The van der Waals surface area contributed by atoms with Crippen LogP contribution in [-0.4, -0.2) is 95.8 Å². The van der Waals surface area contributed by atoms with E-state index in [4.69, 9.17) is 10.5 Å². The zero-order chi connectivity index (χ0) is 28.1. The van der Waals surface area contributed by atoms with Crippen LogP contribution in [0.2, 0.25) is 0 Å². The number of hydrogen-bond acceptors (Lipinski definition) is 10. The van der Waals surface area contributed by atoms with E-state index in [1.807, 2.05) is 30.5 Å². The largest absolute Gasteiger partial charge is 0.467 e. The number of rotatable bonds is 15. The van der Waals surface area contributed by atoms with E-state index in [0.717, 1.165) is 11.1 Å². The number of ether oxygens (including phenoxy) is 1. The summed E-state index contributed by atoms with van der Waals surface area (Å²) in [4.78, 5) is 52.7. The molecule has 2 rings (SSSR count). The van der Waals surface area contributed by atoms with Crippen LogP contribution in [0, 0.1) is 0 Å². The number of nitrogens with one attached hydrogen (secondary N) is 3. The highest BCUT2D eigenvalue weighted by Gasteiger charge is 2.38. The number of esters is 1. The topological polar surface area (TPSA) is 143 Å². The van der Waals surface area contributed by atoms with Gasteiger partial charge in [0.2, 0.25) is 17.7 Å². The molecule has 38 heavy (non-hydrogen) atoms. The maximum atomic E-state index is 13.9. The predicted octanol–water partition coefficient (Wildman–Crippen LogP) is 0.393. The van der Waals surface area contributed by atoms with Gasteiger partial charge in [0.25, 0.3) is 0 Å². The third kappa shape index (κ3) is 9.99. The van der Waals surface area contributed by atoms with E-state index in [9.17, 15) is 19.2 Å². The first-order valence-electron chi connectivity index (χ1n) is 12.4. The van der Waals surface area contributed by atoms with Crippen LogP contribution < -0.4 is 21.7 Å². The second-order valence-electron chi connectivity index (χ2n) is 8.97. The summed E-state index contributed by atoms with van der Waals surface area (Å²) in [6, 6.07) is 5.20. The third-order valence-electron chi connectivity index (χ3n) is 6.11. The Kier molecular flexibility index (Phi) is 14.4. The van der Waals surface area contributed by atoms with E-state index in [1.54, 1.807) is 16.7 Å². The Bertz CT molecular complexity index is 954. The number of benzene rings is 1. The number of thioether (sulfide) groups is 2. The van der Waals surface area contributed by atoms with E-state index >= 15 is 0 Å². The fourth-order valence-electron chi connectivity index (χ4n) is 3.99. The normalized spacial score (nSPS) is 17.1. The lowest BCUT2D eigenvalue weighted by Crippen LogP contribution is -2.60. The molecule has 0 aromatic heterocycles. The standard InChI is InChI=1S/C25H39N5O5S3/c1-16(31)28-15-38-14-21(27-11-19(26)13-36)24(33)30-12-18-7-5-4-6-17(18)10-22(30)23(32)29-20(8-9-37-3)25(34)35-2/h4-7,19-22,27,36H,8-15,26H2,1-3H3,(H,28,31)(H,29,32)/t19-,20+,21+,22+/m1/s1. The minimum Gasteiger partial charge on any atom is -0.467 e. The summed E-state index contributed by atoms with van der Waals surface area (Å²) in [5.41, 5.74) is 7.98. The highest BCUT2D eigenvalue weighted by atomic mass is 32.2. The van der Waals surface area contributed by atoms with E-state index in [0.29, 0.717) is 42.5 Å². The van der Waals surface area contributed by atoms with Gasteiger partial charge in [0, 0.05) is 44.0 Å². The van der Waals surface area contributed by atoms with Gasteiger partial charge >= 0.3 is 5.97 Å². The van der Waals surface area contributed by atoms with Crippen LogP contribution in [0.5, 0.6) is 0 Å². The molecule has 0 saturated carbocycles. The van der Waals surface area contributed by atoms with Crippen molar-refractivity contribution in [2.75, 3.05) is 43.0 Å². The second-order valence-corrected chi connectivity index (χ2v) is 11.4. The van der Waals surface area contributed by atoms with E-state index < -0.39 is 30.0 Å². The van der Waals surface area contributed by atoms with Crippen LogP contribution in [0.4, 0.5) is 0 Å². The molecular formula is C25H39N5O5S3. The molecule has 0 spiro atoms. The Morgan fingerprint density at radius 3 is 2.55 bits per heavy atom. The molecule has 0 bridgehead atoms. The van der Waals surface area contributed by atoms with Crippen molar-refractivity contribution in [1.82, 2.24) is 20.9 Å². The van der Waals surface area contributed by atoms with Crippen molar-refractivity contribution in [2.45, 2.75) is 50.5 Å². The Labute approximate surface area is 238 Å². The van der Waals surface area contributed by atoms with Crippen molar-refractivity contribution < 1.29 is 23.9 Å². The molecule has 5 N–H and O–H groups in total. The van der Waals surface area contributed by atoms with Crippen molar-refractivity contribution in [3.8, 4) is 0 Å². The first-order chi connectivity index (χ1) is 18.2. The fraction of sp³-hybridized carbons (Fsp3) is 0.600. The van der Waals surface area contributed by atoms with Gasteiger partial charge in [-0.25, -0.2) is 4.79 Å². The van der Waals surface area contributed by atoms with E-state index in [-0.39, 0.29) is 24.4 Å². The first kappa shape index (κ1) is 32.3. The van der Waals surface area contributed by atoms with Crippen LogP contribution in [0.25, 0.3) is 0 Å². The van der Waals surface area contributed by atoms with Gasteiger partial charge in [0.1, 0.15) is 12.1 Å². The molecule has 4 atom stereocenters. The van der Waals surface area contributed by atoms with Crippen molar-refractivity contribution in [1.29, 1.82) is 0 Å². The van der Waals surface area contributed by atoms with Crippen molar-refractivity contribution in [3.63, 3.8) is 0 Å². The van der Waals surface area contributed by atoms with Gasteiger partial charge in [-0.15, -0.1) is 11.8 Å². The highest BCUT2D eigenvalue weighted by molar-refractivity contribution is 7.99. The quantitative estimate of drug-likeness (QED) is 0.0855. The van der Waals surface area contributed by atoms with E-state index in [1.165, 1.54) is 25.8 Å². The molecule has 1 aromatic carbocycles. The molecule has 10 nitrogen and oxygen atoms in total. The van der Waals surface area contributed by atoms with Gasteiger partial charge in [0.05, 0.1) is 19.0 Å². The average molecular weight is 586 g/mol. The summed E-state index contributed by atoms with van der Waals surface area (Å²) in [7, 11) is 1.29. The minimum absolute atomic E-state index is 0.156. The number of fused-ring (bicyclic) bond motifs is 1. The number of hydrogen-bond donors (Lipinski definition) is 5. The summed E-state index contributed by atoms with van der Waals surface area (Å²) in [6.07, 6.45) is 2.67. The van der Waals surface area contributed by atoms with Crippen molar-refractivity contribution in [2.24, 2.45) is 5.73 Å². The molecule has 1 aromatic rings. The maximum Gasteiger partial charge on any atom is 0.328 e. The summed E-state index contributed by atoms with van der Waals surface area (Å²) in [5, 5.41) is 8.77. The highest BCUT2D eigenvalue weighted by Crippen LogP contribution is 2.25. The summed E-state index contributed by atoms with van der Waals surface area (Å²) in [6.45, 7) is 2.05. The lowest BCUT2D eigenvalue weighted by Gasteiger charge is -2.38. The maximum absolute atomic E-state index is 13.9. The molecule has 0 unspecified atom stereocenters. The molecule has 1 aliphatic rings. The van der Waals surface area contributed by atoms with Crippen molar-refractivity contribution in [3.05, 3.63) is 35.4 Å². The summed E-state index contributed by atoms with van der Waals surface area (Å²) < 4.78 is 4.90. The number of nitrogens with zero attached hydrogens (tertiary/aromatic N) is 1. The second kappa shape index (κ2) is 16.9. The van der Waals surface area contributed by atoms with Crippen LogP contribution in [0.1, 0.15) is 24.5 Å². The third-order valence-corrected chi connectivity index (χ3v) is 8.14. The van der Waals surface area contributed by atoms with Gasteiger partial charge in [0.15, 0.2) is 0 Å². The number of amides is 3. The number of nitrogens with two attached hydrogens (primary N) is 1. The molecule has 13 heteroatoms. The van der Waals surface area contributed by atoms with Gasteiger partial charge < -0.3 is 31.3 Å². The fourth-order valence-corrected chi connectivity index (χ4v) is 5.51. The molecule has 1 aliphatic heterocycles. The van der Waals surface area contributed by atoms with Gasteiger partial charge in [-0.3, -0.25) is 14.4 Å². The number of methoxy groups -OCH3 is 1. The van der Waals surface area contributed by atoms with Crippen LogP contribution in [0.15, 0.2) is 24.3 Å². The summed E-state index contributed by atoms with van der Waals surface area (Å²) in [5.74, 6) is 0.499. The summed E-state index contributed by atoms with van der Waals surface area (Å²) >= 11 is 7.19. The van der Waals surface area contributed by atoms with Gasteiger partial charge in [-0.05, 0) is 29.6 Å². The lowest BCUT2D eigenvalue weighted by atomic mass is 9.92. The molecule has 3 amide bonds. The molecular weight excluding hydrogens is 547 g/mol.